The quantitative estimate of drug-likeness (QED) is 0.849. The Morgan fingerprint density at radius 1 is 1.27 bits per heavy atom. The molecule has 4 rings (SSSR count). The molecule has 2 aromatic rings. The van der Waals surface area contributed by atoms with Crippen molar-refractivity contribution < 1.29 is 0 Å². The van der Waals surface area contributed by atoms with Crippen LogP contribution in [0.25, 0.3) is 0 Å². The molecule has 0 amide bonds. The van der Waals surface area contributed by atoms with Crippen molar-refractivity contribution in [3.63, 3.8) is 0 Å². The molecule has 114 valence electrons. The second-order valence-electron chi connectivity index (χ2n) is 6.14. The van der Waals surface area contributed by atoms with Crippen molar-refractivity contribution in [1.29, 1.82) is 5.26 Å². The zero-order valence-electron chi connectivity index (χ0n) is 12.5. The van der Waals surface area contributed by atoms with Gasteiger partial charge in [0.1, 0.15) is 17.7 Å². The van der Waals surface area contributed by atoms with Gasteiger partial charge in [0, 0.05) is 32.3 Å². The summed E-state index contributed by atoms with van der Waals surface area (Å²) in [7, 11) is 0. The van der Waals surface area contributed by atoms with Gasteiger partial charge in [-0.05, 0) is 19.3 Å². The Hall–Kier alpha value is -2.20. The molecule has 0 bridgehead atoms. The Bertz CT molecular complexity index is 708. The van der Waals surface area contributed by atoms with E-state index in [0.717, 1.165) is 50.7 Å². The van der Waals surface area contributed by atoms with E-state index in [1.165, 1.54) is 12.8 Å². The predicted octanol–water partition coefficient (Wildman–Crippen LogP) is 1.13. The van der Waals surface area contributed by atoms with Crippen LogP contribution in [0.5, 0.6) is 0 Å². The van der Waals surface area contributed by atoms with E-state index in [-0.39, 0.29) is 0 Å². The van der Waals surface area contributed by atoms with Gasteiger partial charge in [0.15, 0.2) is 0 Å². The molecule has 1 fully saturated rings. The highest BCUT2D eigenvalue weighted by molar-refractivity contribution is 5.22. The van der Waals surface area contributed by atoms with Crippen LogP contribution in [0.15, 0.2) is 12.4 Å². The Labute approximate surface area is 129 Å². The van der Waals surface area contributed by atoms with Crippen LogP contribution in [0.1, 0.15) is 42.5 Å². The summed E-state index contributed by atoms with van der Waals surface area (Å²) in [5, 5.41) is 21.9. The molecule has 0 aliphatic carbocycles. The lowest BCUT2D eigenvalue weighted by Gasteiger charge is -2.19. The lowest BCUT2D eigenvalue weighted by Crippen LogP contribution is -2.24. The molecule has 0 spiro atoms. The molecule has 2 aromatic heterocycles. The van der Waals surface area contributed by atoms with E-state index in [1.54, 1.807) is 6.20 Å². The highest BCUT2D eigenvalue weighted by Gasteiger charge is 2.26. The molecule has 0 radical (unpaired) electrons. The Balaban J connectivity index is 1.43. The van der Waals surface area contributed by atoms with Crippen molar-refractivity contribution in [1.82, 2.24) is 29.4 Å². The second kappa shape index (κ2) is 5.54. The summed E-state index contributed by atoms with van der Waals surface area (Å²) in [5.41, 5.74) is 0.630. The number of rotatable bonds is 3. The summed E-state index contributed by atoms with van der Waals surface area (Å²) in [6.07, 6.45) is 8.05. The van der Waals surface area contributed by atoms with Crippen molar-refractivity contribution in [3.8, 4) is 6.07 Å². The van der Waals surface area contributed by atoms with E-state index in [1.807, 2.05) is 10.9 Å². The van der Waals surface area contributed by atoms with Gasteiger partial charge in [-0.25, -0.2) is 0 Å². The molecular formula is C15H19N7. The SMILES string of the molecule is N#Cc1cnn(C2CCN(Cc3nnc4n3CCCC4)C2)c1. The van der Waals surface area contributed by atoms with Crippen LogP contribution in [0.3, 0.4) is 0 Å². The van der Waals surface area contributed by atoms with Crippen molar-refractivity contribution in [2.24, 2.45) is 0 Å². The lowest BCUT2D eigenvalue weighted by atomic mass is 10.2. The number of nitriles is 1. The number of likely N-dealkylation sites (tertiary alicyclic amines) is 1. The van der Waals surface area contributed by atoms with Crippen LogP contribution < -0.4 is 0 Å². The third kappa shape index (κ3) is 2.40. The number of fused-ring (bicyclic) bond motifs is 1. The first-order chi connectivity index (χ1) is 10.8. The van der Waals surface area contributed by atoms with E-state index in [4.69, 9.17) is 5.26 Å². The molecule has 1 saturated heterocycles. The van der Waals surface area contributed by atoms with Crippen LogP contribution in [-0.2, 0) is 19.5 Å². The normalized spacial score (nSPS) is 21.7. The number of nitrogens with zero attached hydrogens (tertiary/aromatic N) is 7. The molecule has 0 saturated carbocycles. The number of aryl methyl sites for hydroxylation is 1. The van der Waals surface area contributed by atoms with Gasteiger partial charge in [0.25, 0.3) is 0 Å². The molecule has 7 nitrogen and oxygen atoms in total. The molecule has 0 N–H and O–H groups in total. The van der Waals surface area contributed by atoms with Crippen LogP contribution in [0.4, 0.5) is 0 Å². The van der Waals surface area contributed by atoms with Crippen LogP contribution >= 0.6 is 0 Å². The maximum absolute atomic E-state index is 8.90. The summed E-state index contributed by atoms with van der Waals surface area (Å²) in [5.74, 6) is 2.23. The third-order valence-electron chi connectivity index (χ3n) is 4.65. The smallest absolute Gasteiger partial charge is 0.147 e. The Morgan fingerprint density at radius 2 is 2.23 bits per heavy atom. The zero-order valence-corrected chi connectivity index (χ0v) is 12.5. The van der Waals surface area contributed by atoms with Gasteiger partial charge in [-0.3, -0.25) is 9.58 Å². The van der Waals surface area contributed by atoms with E-state index in [0.29, 0.717) is 11.6 Å². The summed E-state index contributed by atoms with van der Waals surface area (Å²) in [6, 6.07) is 2.49. The van der Waals surface area contributed by atoms with Gasteiger partial charge >= 0.3 is 0 Å². The first-order valence-electron chi connectivity index (χ1n) is 7.91. The molecule has 2 aliphatic rings. The molecule has 2 aliphatic heterocycles. The Morgan fingerprint density at radius 3 is 3.09 bits per heavy atom. The van der Waals surface area contributed by atoms with Crippen LogP contribution in [0.2, 0.25) is 0 Å². The minimum atomic E-state index is 0.353. The maximum atomic E-state index is 8.90. The molecule has 1 unspecified atom stereocenters. The molecule has 22 heavy (non-hydrogen) atoms. The van der Waals surface area contributed by atoms with E-state index < -0.39 is 0 Å². The first-order valence-corrected chi connectivity index (χ1v) is 7.91. The summed E-state index contributed by atoms with van der Waals surface area (Å²) in [6.45, 7) is 3.90. The monoisotopic (exact) mass is 297 g/mol. The average Bonchev–Trinajstić information content (AvgIpc) is 3.27. The van der Waals surface area contributed by atoms with Crippen LogP contribution in [0, 0.1) is 11.3 Å². The summed E-state index contributed by atoms with van der Waals surface area (Å²) >= 11 is 0. The molecular weight excluding hydrogens is 278 g/mol. The third-order valence-corrected chi connectivity index (χ3v) is 4.65. The summed E-state index contributed by atoms with van der Waals surface area (Å²) < 4.78 is 4.22. The first kappa shape index (κ1) is 13.5. The maximum Gasteiger partial charge on any atom is 0.147 e. The molecule has 1 atom stereocenters. The fraction of sp³-hybridized carbons (Fsp3) is 0.600. The fourth-order valence-electron chi connectivity index (χ4n) is 3.45. The van der Waals surface area contributed by atoms with Crippen LogP contribution in [-0.4, -0.2) is 42.5 Å². The Kier molecular flexibility index (Phi) is 3.39. The van der Waals surface area contributed by atoms with Crippen molar-refractivity contribution in [3.05, 3.63) is 29.6 Å². The fourth-order valence-corrected chi connectivity index (χ4v) is 3.45. The number of aromatic nitrogens is 5. The van der Waals surface area contributed by atoms with Gasteiger partial charge in [-0.15, -0.1) is 10.2 Å². The number of hydrogen-bond acceptors (Lipinski definition) is 5. The van der Waals surface area contributed by atoms with Crippen molar-refractivity contribution in [2.75, 3.05) is 13.1 Å². The second-order valence-corrected chi connectivity index (χ2v) is 6.14. The van der Waals surface area contributed by atoms with Gasteiger partial charge < -0.3 is 4.57 Å². The highest BCUT2D eigenvalue weighted by Crippen LogP contribution is 2.23. The minimum Gasteiger partial charge on any atom is -0.314 e. The van der Waals surface area contributed by atoms with Gasteiger partial charge in [-0.1, -0.05) is 0 Å². The zero-order chi connectivity index (χ0) is 14.9. The van der Waals surface area contributed by atoms with Crippen molar-refractivity contribution in [2.45, 2.75) is 44.8 Å². The van der Waals surface area contributed by atoms with Gasteiger partial charge in [0.2, 0.25) is 0 Å². The van der Waals surface area contributed by atoms with E-state index in [9.17, 15) is 0 Å². The lowest BCUT2D eigenvalue weighted by molar-refractivity contribution is 0.296. The van der Waals surface area contributed by atoms with E-state index >= 15 is 0 Å². The largest absolute Gasteiger partial charge is 0.314 e. The molecule has 7 heteroatoms. The van der Waals surface area contributed by atoms with Gasteiger partial charge in [0.05, 0.1) is 24.3 Å². The minimum absolute atomic E-state index is 0.353. The number of hydrogen-bond donors (Lipinski definition) is 0. The highest BCUT2D eigenvalue weighted by atomic mass is 15.3. The van der Waals surface area contributed by atoms with E-state index in [2.05, 4.69) is 30.8 Å². The topological polar surface area (TPSA) is 75.6 Å². The van der Waals surface area contributed by atoms with Crippen molar-refractivity contribution >= 4 is 0 Å². The molecule has 0 aromatic carbocycles. The average molecular weight is 297 g/mol. The summed E-state index contributed by atoms with van der Waals surface area (Å²) in [4.78, 5) is 2.41. The molecule has 4 heterocycles. The van der Waals surface area contributed by atoms with Gasteiger partial charge in [-0.2, -0.15) is 10.4 Å². The predicted molar refractivity (Wildman–Crippen MR) is 78.8 cm³/mol. The standard InChI is InChI=1S/C15H19N7/c16-7-12-8-17-22(9-12)13-4-6-20(10-13)11-15-19-18-14-3-1-2-5-21(14)15/h8-9,13H,1-6,10-11H2.